The van der Waals surface area contributed by atoms with Crippen molar-refractivity contribution in [1.29, 1.82) is 0 Å². The largest absolute Gasteiger partial charge is 0.573 e. The van der Waals surface area contributed by atoms with Crippen molar-refractivity contribution >= 4 is 42.7 Å². The Morgan fingerprint density at radius 1 is 0.846 bits per heavy atom. The minimum Gasteiger partial charge on any atom is -0.406 e. The maximum atomic E-state index is 12.3. The van der Waals surface area contributed by atoms with Crippen molar-refractivity contribution in [3.05, 3.63) is 108 Å². The molecule has 3 N–H and O–H groups in total. The molecule has 14 heteroatoms. The van der Waals surface area contributed by atoms with Gasteiger partial charge in [0.15, 0.2) is 0 Å². The van der Waals surface area contributed by atoms with Gasteiger partial charge in [-0.1, -0.05) is 66.8 Å². The van der Waals surface area contributed by atoms with E-state index in [0.29, 0.717) is 16.0 Å². The molecule has 0 aliphatic heterocycles. The van der Waals surface area contributed by atoms with Gasteiger partial charge in [-0.3, -0.25) is 0 Å². The van der Waals surface area contributed by atoms with Crippen molar-refractivity contribution in [2.45, 2.75) is 22.1 Å². The molecule has 1 aliphatic carbocycles. The van der Waals surface area contributed by atoms with Crippen LogP contribution in [0.4, 0.5) is 17.7 Å². The van der Waals surface area contributed by atoms with Gasteiger partial charge in [-0.25, -0.2) is 22.0 Å². The lowest BCUT2D eigenvalue weighted by Crippen LogP contribution is -2.17. The zero-order valence-electron chi connectivity index (χ0n) is 19.7. The van der Waals surface area contributed by atoms with Crippen molar-refractivity contribution in [3.63, 3.8) is 0 Å². The Morgan fingerprint density at radius 2 is 1.44 bits per heavy atom. The molecule has 39 heavy (non-hydrogen) atoms. The summed E-state index contributed by atoms with van der Waals surface area (Å²) in [5, 5.41) is 4.83. The molecule has 0 amide bonds. The molecule has 3 aromatic carbocycles. The number of alkyl halides is 3. The lowest BCUT2D eigenvalue weighted by Gasteiger charge is -2.19. The number of sulfonamides is 2. The summed E-state index contributed by atoms with van der Waals surface area (Å²) in [5.41, 5.74) is 2.10. The number of hydrogen-bond acceptors (Lipinski definition) is 6. The molecule has 0 aromatic heterocycles. The Bertz CT molecular complexity index is 1590. The third-order valence-electron chi connectivity index (χ3n) is 5.22. The summed E-state index contributed by atoms with van der Waals surface area (Å²) in [7, 11) is -7.68. The number of rotatable bonds is 6. The molecule has 0 saturated heterocycles. The molecule has 0 bridgehead atoms. The molecule has 0 radical (unpaired) electrons. The van der Waals surface area contributed by atoms with Gasteiger partial charge in [0.2, 0.25) is 10.0 Å². The topological polar surface area (TPSA) is 116 Å². The minimum atomic E-state index is -4.76. The van der Waals surface area contributed by atoms with Crippen LogP contribution in [-0.4, -0.2) is 28.1 Å². The maximum Gasteiger partial charge on any atom is 0.573 e. The Balaban J connectivity index is 0.000000353. The Kier molecular flexibility index (Phi) is 9.40. The molecular weight excluding hydrogens is 580 g/mol. The molecule has 0 saturated carbocycles. The van der Waals surface area contributed by atoms with Crippen molar-refractivity contribution in [2.24, 2.45) is 5.14 Å². The molecule has 1 aliphatic rings. The van der Waals surface area contributed by atoms with Gasteiger partial charge in [-0.15, -0.1) is 17.7 Å². The van der Waals surface area contributed by atoms with Crippen LogP contribution in [0, 0.1) is 0 Å². The summed E-state index contributed by atoms with van der Waals surface area (Å²) >= 11 is 5.42. The second-order valence-electron chi connectivity index (χ2n) is 7.92. The van der Waals surface area contributed by atoms with E-state index in [-0.39, 0.29) is 21.5 Å². The van der Waals surface area contributed by atoms with Gasteiger partial charge >= 0.3 is 6.36 Å². The van der Waals surface area contributed by atoms with Crippen LogP contribution < -0.4 is 14.8 Å². The van der Waals surface area contributed by atoms with Crippen LogP contribution in [0.3, 0.4) is 0 Å². The molecule has 7 nitrogen and oxygen atoms in total. The Morgan fingerprint density at radius 3 is 1.90 bits per heavy atom. The third-order valence-corrected chi connectivity index (χ3v) is 7.61. The number of nitrogens with two attached hydrogens (primary N) is 1. The summed E-state index contributed by atoms with van der Waals surface area (Å²) in [6.45, 7) is 0. The predicted octanol–water partition coefficient (Wildman–Crippen LogP) is 5.19. The lowest BCUT2D eigenvalue weighted by molar-refractivity contribution is -0.274. The number of primary sulfonamides is 1. The summed E-state index contributed by atoms with van der Waals surface area (Å²) in [6, 6.07) is 18.9. The standard InChI is InChI=1S/C19H13F4NO3S2.C6H7NO2S/c20-19(21,22)27-15-6-1-13(2-7-15)17-10-5-14(11-18(17)28)12-3-8-16(9-4-12)29(25,26)24-23;7-10(8,9)6-4-2-1-3-5-6/h1-11,17,24H;1-5H,(H2,7,8,9). The first-order valence-electron chi connectivity index (χ1n) is 10.8. The van der Waals surface area contributed by atoms with Gasteiger partial charge < -0.3 is 4.74 Å². The van der Waals surface area contributed by atoms with Crippen LogP contribution in [-0.2, 0) is 20.0 Å². The van der Waals surface area contributed by atoms with E-state index in [0.717, 1.165) is 10.5 Å². The van der Waals surface area contributed by atoms with E-state index in [2.05, 4.69) is 4.74 Å². The summed E-state index contributed by atoms with van der Waals surface area (Å²) in [6.07, 6.45) is 0.536. The second-order valence-corrected chi connectivity index (χ2v) is 11.6. The van der Waals surface area contributed by atoms with E-state index in [1.54, 1.807) is 36.4 Å². The Hall–Kier alpha value is -3.43. The minimum absolute atomic E-state index is 0.148. The van der Waals surface area contributed by atoms with Gasteiger partial charge in [0, 0.05) is 10.8 Å². The number of thiocarbonyl (C=S) groups is 1. The average molecular weight is 601 g/mol. The highest BCUT2D eigenvalue weighted by atomic mass is 32.2. The fourth-order valence-corrected chi connectivity index (χ4v) is 4.86. The number of halogens is 4. The maximum absolute atomic E-state index is 12.3. The van der Waals surface area contributed by atoms with E-state index in [1.165, 1.54) is 60.7 Å². The van der Waals surface area contributed by atoms with Crippen LogP contribution in [0.5, 0.6) is 5.75 Å². The van der Waals surface area contributed by atoms with E-state index >= 15 is 0 Å². The number of nitrogens with one attached hydrogen (secondary N) is 1. The molecule has 0 spiro atoms. The fraction of sp³-hybridized carbons (Fsp3) is 0.0800. The number of ether oxygens (including phenoxy) is 1. The molecule has 0 heterocycles. The lowest BCUT2D eigenvalue weighted by atomic mass is 9.88. The highest BCUT2D eigenvalue weighted by molar-refractivity contribution is 7.89. The predicted molar refractivity (Wildman–Crippen MR) is 141 cm³/mol. The highest BCUT2D eigenvalue weighted by Crippen LogP contribution is 2.31. The van der Waals surface area contributed by atoms with Gasteiger partial charge in [-0.05, 0) is 64.1 Å². The van der Waals surface area contributed by atoms with Crippen LogP contribution in [0.15, 0.2) is 107 Å². The second kappa shape index (κ2) is 12.2. The van der Waals surface area contributed by atoms with E-state index in [1.807, 2.05) is 0 Å². The average Bonchev–Trinajstić information content (AvgIpc) is 2.89. The van der Waals surface area contributed by atoms with Crippen LogP contribution in [0.25, 0.3) is 5.57 Å². The molecule has 1 unspecified atom stereocenters. The monoisotopic (exact) mass is 600 g/mol. The summed E-state index contributed by atoms with van der Waals surface area (Å²) < 4.78 is 97.0. The molecule has 1 atom stereocenters. The molecule has 0 fully saturated rings. The van der Waals surface area contributed by atoms with Gasteiger partial charge in [0.25, 0.3) is 10.0 Å². The van der Waals surface area contributed by atoms with Gasteiger partial charge in [-0.2, -0.15) is 0 Å². The normalized spacial score (nSPS) is 15.7. The number of benzene rings is 3. The zero-order valence-corrected chi connectivity index (χ0v) is 22.1. The zero-order chi connectivity index (χ0) is 28.8. The first kappa shape index (κ1) is 30.1. The van der Waals surface area contributed by atoms with Crippen LogP contribution in [0.2, 0.25) is 0 Å². The first-order valence-corrected chi connectivity index (χ1v) is 14.2. The number of allylic oxidation sites excluding steroid dienone is 4. The first-order chi connectivity index (χ1) is 18.2. The molecule has 206 valence electrons. The molecular formula is C25H20F4N2O5S3. The smallest absolute Gasteiger partial charge is 0.406 e. The van der Waals surface area contributed by atoms with Gasteiger partial charge in [0.05, 0.1) is 9.79 Å². The SMILES string of the molecule is NS(=O)(=O)c1ccccc1.O=S(=O)(NF)c1ccc(C2=CC(=S)C(c3ccc(OC(F)(F)F)cc3)C=C2)cc1. The Labute approximate surface area is 227 Å². The quantitative estimate of drug-likeness (QED) is 0.229. The van der Waals surface area contributed by atoms with Crippen molar-refractivity contribution in [3.8, 4) is 5.75 Å². The highest BCUT2D eigenvalue weighted by Gasteiger charge is 2.31. The third kappa shape index (κ3) is 8.53. The van der Waals surface area contributed by atoms with Crippen molar-refractivity contribution in [1.82, 2.24) is 4.94 Å². The summed E-state index contributed by atoms with van der Waals surface area (Å²) in [4.78, 5) is 1.22. The van der Waals surface area contributed by atoms with Gasteiger partial charge in [0.1, 0.15) is 5.75 Å². The van der Waals surface area contributed by atoms with Crippen molar-refractivity contribution in [2.75, 3.05) is 0 Å². The van der Waals surface area contributed by atoms with E-state index < -0.39 is 26.4 Å². The van der Waals surface area contributed by atoms with E-state index in [9.17, 15) is 34.5 Å². The fourth-order valence-electron chi connectivity index (χ4n) is 3.40. The molecule has 3 aromatic rings. The van der Waals surface area contributed by atoms with E-state index in [4.69, 9.17) is 17.4 Å². The molecule has 4 rings (SSSR count). The summed E-state index contributed by atoms with van der Waals surface area (Å²) in [5.74, 6) is -0.620. The van der Waals surface area contributed by atoms with Crippen molar-refractivity contribution < 1.29 is 39.2 Å². The van der Waals surface area contributed by atoms with Crippen LogP contribution in [0.1, 0.15) is 17.0 Å². The van der Waals surface area contributed by atoms with Crippen LogP contribution >= 0.6 is 12.2 Å². The number of hydrogen-bond donors (Lipinski definition) is 2.